The molecule has 1 aliphatic heterocycles. The van der Waals surface area contributed by atoms with Crippen LogP contribution in [0.5, 0.6) is 0 Å². The van der Waals surface area contributed by atoms with Crippen LogP contribution < -0.4 is 4.90 Å². The minimum absolute atomic E-state index is 0.0770. The van der Waals surface area contributed by atoms with E-state index in [0.717, 1.165) is 6.07 Å². The third-order valence-corrected chi connectivity index (χ3v) is 6.99. The maximum atomic E-state index is 14.4. The van der Waals surface area contributed by atoms with Crippen LogP contribution >= 0.6 is 11.8 Å². The monoisotopic (exact) mass is 454 g/mol. The van der Waals surface area contributed by atoms with E-state index in [4.69, 9.17) is 0 Å². The standard InChI is InChI=1S/C15H17F7N2O2S2/c1-9-5-11(16)12(6-13(9)27-8-14(17,18)19)24-4-3-23(7-10(24)2)28(25,26)15(20,21)22/h5-6,10H,3-4,7-8H2,1-2H3. The number of sulfonamides is 1. The molecule has 0 spiro atoms. The molecule has 4 nitrogen and oxygen atoms in total. The summed E-state index contributed by atoms with van der Waals surface area (Å²) in [5.74, 6) is -1.92. The summed E-state index contributed by atoms with van der Waals surface area (Å²) in [6.07, 6.45) is -4.42. The molecule has 28 heavy (non-hydrogen) atoms. The SMILES string of the molecule is Cc1cc(F)c(N2CCN(S(=O)(=O)C(F)(F)F)CC2C)cc1SCC(F)(F)F. The molecule has 1 heterocycles. The second-order valence-electron chi connectivity index (χ2n) is 6.32. The van der Waals surface area contributed by atoms with Gasteiger partial charge < -0.3 is 4.90 Å². The molecule has 0 aromatic heterocycles. The maximum absolute atomic E-state index is 14.4. The molecule has 0 radical (unpaired) electrons. The van der Waals surface area contributed by atoms with E-state index in [9.17, 15) is 39.2 Å². The molecular formula is C15H17F7N2O2S2. The average Bonchev–Trinajstić information content (AvgIpc) is 2.52. The third-order valence-electron chi connectivity index (χ3n) is 4.17. The van der Waals surface area contributed by atoms with E-state index in [1.54, 1.807) is 0 Å². The minimum atomic E-state index is -5.50. The summed E-state index contributed by atoms with van der Waals surface area (Å²) in [7, 11) is -5.50. The molecule has 13 heteroatoms. The molecule has 0 bridgehead atoms. The van der Waals surface area contributed by atoms with Crippen molar-refractivity contribution in [3.05, 3.63) is 23.5 Å². The first-order valence-corrected chi connectivity index (χ1v) is 10.4. The van der Waals surface area contributed by atoms with Gasteiger partial charge in [-0.3, -0.25) is 0 Å². The number of piperazine rings is 1. The highest BCUT2D eigenvalue weighted by Crippen LogP contribution is 2.36. The highest BCUT2D eigenvalue weighted by molar-refractivity contribution is 7.99. The van der Waals surface area contributed by atoms with Gasteiger partial charge in [-0.05, 0) is 31.5 Å². The van der Waals surface area contributed by atoms with Crippen molar-refractivity contribution in [3.8, 4) is 0 Å². The number of halogens is 7. The highest BCUT2D eigenvalue weighted by atomic mass is 32.2. The summed E-state index contributed by atoms with van der Waals surface area (Å²) >= 11 is 0.477. The van der Waals surface area contributed by atoms with Gasteiger partial charge in [0.05, 0.1) is 11.4 Å². The van der Waals surface area contributed by atoms with Gasteiger partial charge in [0.15, 0.2) is 0 Å². The van der Waals surface area contributed by atoms with Gasteiger partial charge in [-0.15, -0.1) is 11.8 Å². The van der Waals surface area contributed by atoms with Crippen molar-refractivity contribution in [3.63, 3.8) is 0 Å². The van der Waals surface area contributed by atoms with Crippen LogP contribution in [0.4, 0.5) is 36.4 Å². The third kappa shape index (κ3) is 5.03. The fourth-order valence-electron chi connectivity index (χ4n) is 2.82. The summed E-state index contributed by atoms with van der Waals surface area (Å²) in [6.45, 7) is 1.58. The van der Waals surface area contributed by atoms with E-state index in [0.29, 0.717) is 17.3 Å². The largest absolute Gasteiger partial charge is 0.511 e. The molecule has 0 amide bonds. The lowest BCUT2D eigenvalue weighted by Crippen LogP contribution is -2.56. The number of hydrogen-bond donors (Lipinski definition) is 0. The van der Waals surface area contributed by atoms with Gasteiger partial charge in [0.1, 0.15) is 5.82 Å². The number of alkyl halides is 6. The van der Waals surface area contributed by atoms with E-state index in [2.05, 4.69) is 0 Å². The van der Waals surface area contributed by atoms with Crippen LogP contribution in [0, 0.1) is 12.7 Å². The van der Waals surface area contributed by atoms with Crippen molar-refractivity contribution in [1.82, 2.24) is 4.31 Å². The normalized spacial score (nSPS) is 19.9. The Balaban J connectivity index is 2.25. The Kier molecular flexibility index (Phi) is 6.51. The summed E-state index contributed by atoms with van der Waals surface area (Å²) < 4.78 is 113. The molecule has 1 aromatic rings. The number of thioether (sulfide) groups is 1. The molecule has 1 aliphatic rings. The molecule has 1 unspecified atom stereocenters. The molecule has 1 fully saturated rings. The van der Waals surface area contributed by atoms with Gasteiger partial charge in [0.25, 0.3) is 0 Å². The zero-order valence-electron chi connectivity index (χ0n) is 14.7. The Morgan fingerprint density at radius 2 is 1.75 bits per heavy atom. The fourth-order valence-corrected chi connectivity index (χ4v) is 4.65. The number of benzene rings is 1. The van der Waals surface area contributed by atoms with Crippen LogP contribution in [-0.4, -0.2) is 55.8 Å². The first-order chi connectivity index (χ1) is 12.6. The van der Waals surface area contributed by atoms with E-state index in [-0.39, 0.29) is 21.4 Å². The number of nitrogens with zero attached hydrogens (tertiary/aromatic N) is 2. The number of hydrogen-bond acceptors (Lipinski definition) is 4. The van der Waals surface area contributed by atoms with Crippen molar-refractivity contribution in [2.75, 3.05) is 30.3 Å². The van der Waals surface area contributed by atoms with Crippen LogP contribution in [-0.2, 0) is 10.0 Å². The molecule has 1 aromatic carbocycles. The van der Waals surface area contributed by atoms with E-state index in [1.807, 2.05) is 0 Å². The fraction of sp³-hybridized carbons (Fsp3) is 0.600. The lowest BCUT2D eigenvalue weighted by atomic mass is 10.1. The Morgan fingerprint density at radius 1 is 1.14 bits per heavy atom. The molecule has 0 aliphatic carbocycles. The smallest absolute Gasteiger partial charge is 0.364 e. The summed E-state index contributed by atoms with van der Waals surface area (Å²) in [4.78, 5) is 1.54. The van der Waals surface area contributed by atoms with Crippen LogP contribution in [0.1, 0.15) is 12.5 Å². The van der Waals surface area contributed by atoms with Gasteiger partial charge >= 0.3 is 21.7 Å². The summed E-state index contributed by atoms with van der Waals surface area (Å²) in [6, 6.07) is 1.45. The van der Waals surface area contributed by atoms with Crippen LogP contribution in [0.15, 0.2) is 17.0 Å². The number of aryl methyl sites for hydroxylation is 1. The first-order valence-electron chi connectivity index (χ1n) is 7.96. The lowest BCUT2D eigenvalue weighted by molar-refractivity contribution is -0.105. The van der Waals surface area contributed by atoms with Crippen LogP contribution in [0.25, 0.3) is 0 Å². The molecule has 0 saturated carbocycles. The Morgan fingerprint density at radius 3 is 2.25 bits per heavy atom. The van der Waals surface area contributed by atoms with Gasteiger partial charge in [-0.1, -0.05) is 0 Å². The lowest BCUT2D eigenvalue weighted by Gasteiger charge is -2.40. The quantitative estimate of drug-likeness (QED) is 0.507. The predicted molar refractivity (Wildman–Crippen MR) is 91.3 cm³/mol. The molecule has 160 valence electrons. The topological polar surface area (TPSA) is 40.6 Å². The van der Waals surface area contributed by atoms with Gasteiger partial charge in [-0.2, -0.15) is 30.6 Å². The second-order valence-corrected chi connectivity index (χ2v) is 9.27. The second kappa shape index (κ2) is 7.90. The van der Waals surface area contributed by atoms with Crippen molar-refractivity contribution >= 4 is 27.5 Å². The van der Waals surface area contributed by atoms with Crippen LogP contribution in [0.2, 0.25) is 0 Å². The first kappa shape index (κ1) is 23.1. The highest BCUT2D eigenvalue weighted by Gasteiger charge is 2.51. The zero-order chi connectivity index (χ0) is 21.5. The number of rotatable bonds is 4. The Labute approximate surface area is 161 Å². The van der Waals surface area contributed by atoms with Crippen LogP contribution in [0.3, 0.4) is 0 Å². The van der Waals surface area contributed by atoms with Gasteiger partial charge in [0.2, 0.25) is 0 Å². The molecule has 2 rings (SSSR count). The summed E-state index contributed by atoms with van der Waals surface area (Å²) in [5, 5.41) is 0. The van der Waals surface area contributed by atoms with Crippen molar-refractivity contribution in [2.24, 2.45) is 0 Å². The van der Waals surface area contributed by atoms with E-state index in [1.165, 1.54) is 24.8 Å². The van der Waals surface area contributed by atoms with Crippen molar-refractivity contribution in [1.29, 1.82) is 0 Å². The molecule has 1 atom stereocenters. The number of anilines is 1. The maximum Gasteiger partial charge on any atom is 0.511 e. The van der Waals surface area contributed by atoms with Gasteiger partial charge in [-0.25, -0.2) is 12.8 Å². The molecule has 1 saturated heterocycles. The zero-order valence-corrected chi connectivity index (χ0v) is 16.4. The summed E-state index contributed by atoms with van der Waals surface area (Å²) in [5.41, 5.74) is -5.22. The minimum Gasteiger partial charge on any atom is -0.364 e. The van der Waals surface area contributed by atoms with E-state index >= 15 is 0 Å². The van der Waals surface area contributed by atoms with Crippen molar-refractivity contribution < 1.29 is 39.2 Å². The van der Waals surface area contributed by atoms with Crippen molar-refractivity contribution in [2.45, 2.75) is 36.5 Å². The van der Waals surface area contributed by atoms with Gasteiger partial charge in [0, 0.05) is 30.6 Å². The molecular weight excluding hydrogens is 437 g/mol. The van der Waals surface area contributed by atoms with E-state index < -0.39 is 52.4 Å². The Hall–Kier alpha value is -1.21. The molecule has 0 N–H and O–H groups in total. The predicted octanol–water partition coefficient (Wildman–Crippen LogP) is 4.15. The Bertz CT molecular complexity index is 825. The average molecular weight is 454 g/mol.